The maximum Gasteiger partial charge on any atom is 0.264 e. The number of pyridine rings is 1. The number of hydrogen-bond donors (Lipinski definition) is 2. The molecule has 1 unspecified atom stereocenters. The Bertz CT molecular complexity index is 2550. The van der Waals surface area contributed by atoms with Crippen LogP contribution >= 0.6 is 0 Å². The number of piperidine rings is 1. The first-order chi connectivity index (χ1) is 30.7. The maximum atomic E-state index is 14.1. The number of piperazine rings is 1. The number of fused-ring (bicyclic) bond motifs is 2. The van der Waals surface area contributed by atoms with E-state index in [1.807, 2.05) is 40.9 Å². The van der Waals surface area contributed by atoms with Gasteiger partial charge in [0.1, 0.15) is 35.0 Å². The Balaban J connectivity index is 0.698. The first kappa shape index (κ1) is 41.8. The number of imidazole rings is 1. The number of nitrogens with zero attached hydrogens (tertiary/aromatic N) is 8. The number of nitrogens with one attached hydrogen (secondary N) is 2. The van der Waals surface area contributed by atoms with Gasteiger partial charge < -0.3 is 15.1 Å². The van der Waals surface area contributed by atoms with Crippen molar-refractivity contribution in [1.29, 1.82) is 0 Å². The van der Waals surface area contributed by atoms with Crippen molar-refractivity contribution >= 4 is 52.4 Å². The third-order valence-electron chi connectivity index (χ3n) is 12.6. The van der Waals surface area contributed by atoms with Crippen molar-refractivity contribution in [1.82, 2.24) is 34.7 Å². The van der Waals surface area contributed by atoms with Crippen LogP contribution in [0.5, 0.6) is 0 Å². The largest absolute Gasteiger partial charge is 0.384 e. The highest BCUT2D eigenvalue weighted by Crippen LogP contribution is 2.36. The van der Waals surface area contributed by atoms with Crippen LogP contribution in [0.4, 0.5) is 21.7 Å². The molecule has 4 amide bonds. The Kier molecular flexibility index (Phi) is 12.2. The minimum atomic E-state index is -0.997. The number of benzene rings is 2. The summed E-state index contributed by atoms with van der Waals surface area (Å²) >= 11 is 0. The highest BCUT2D eigenvalue weighted by Gasteiger charge is 2.45. The second kappa shape index (κ2) is 18.4. The molecule has 9 rings (SSSR count). The molecule has 15 nitrogen and oxygen atoms in total. The minimum Gasteiger partial charge on any atom is -0.384 e. The molecule has 3 aromatic heterocycles. The van der Waals surface area contributed by atoms with E-state index in [9.17, 15) is 28.4 Å². The van der Waals surface area contributed by atoms with Crippen molar-refractivity contribution in [2.45, 2.75) is 76.3 Å². The summed E-state index contributed by atoms with van der Waals surface area (Å²) in [7, 11) is 0. The van der Waals surface area contributed by atoms with Gasteiger partial charge in [0.15, 0.2) is 5.65 Å². The van der Waals surface area contributed by atoms with Crippen LogP contribution in [0.3, 0.4) is 0 Å². The summed E-state index contributed by atoms with van der Waals surface area (Å²) in [5.41, 5.74) is 4.33. The molecule has 0 saturated carbocycles. The number of ketones is 1. The summed E-state index contributed by atoms with van der Waals surface area (Å²) < 4.78 is 15.9. The molecule has 16 heteroatoms. The van der Waals surface area contributed by atoms with Crippen LogP contribution in [0.15, 0.2) is 79.0 Å². The van der Waals surface area contributed by atoms with Crippen LogP contribution in [-0.2, 0) is 14.4 Å². The first-order valence-corrected chi connectivity index (χ1v) is 22.1. The average Bonchev–Trinajstić information content (AvgIpc) is 4.02. The summed E-state index contributed by atoms with van der Waals surface area (Å²) in [5.74, 6) is -0.361. The molecule has 63 heavy (non-hydrogen) atoms. The van der Waals surface area contributed by atoms with Crippen LogP contribution < -0.4 is 20.4 Å². The molecule has 4 aliphatic rings. The normalized spacial score (nSPS) is 19.3. The maximum absolute atomic E-state index is 14.1. The van der Waals surface area contributed by atoms with Crippen LogP contribution in [0.25, 0.3) is 17.0 Å². The number of halogens is 1. The molecule has 326 valence electrons. The lowest BCUT2D eigenvalue weighted by Crippen LogP contribution is -2.54. The SMILES string of the molecule is O=C(CCCCCCCNc1cccc2c1C(=O)N(C1CCC(=O)NC1=O)C2=O)CN1CCN(c2cccc(-c3cnc4ccc(N5CCC[C@@H]5c5cccc(F)c5)nn34)n2)CC1. The lowest BCUT2D eigenvalue weighted by Gasteiger charge is -2.35. The zero-order valence-corrected chi connectivity index (χ0v) is 35.2. The van der Waals surface area contributed by atoms with E-state index in [-0.39, 0.29) is 41.6 Å². The van der Waals surface area contributed by atoms with Crippen molar-refractivity contribution in [2.75, 3.05) is 60.9 Å². The van der Waals surface area contributed by atoms with E-state index >= 15 is 0 Å². The number of unbranched alkanes of at least 4 members (excludes halogenated alkanes) is 4. The zero-order valence-electron chi connectivity index (χ0n) is 35.2. The summed E-state index contributed by atoms with van der Waals surface area (Å²) in [6, 6.07) is 20.9. The van der Waals surface area contributed by atoms with E-state index in [1.54, 1.807) is 36.5 Å². The van der Waals surface area contributed by atoms with E-state index in [2.05, 4.69) is 30.3 Å². The Morgan fingerprint density at radius 3 is 2.46 bits per heavy atom. The number of rotatable bonds is 16. The fraction of sp³-hybridized carbons (Fsp3) is 0.404. The molecular formula is C47H51FN10O5. The molecule has 2 atom stereocenters. The number of carbonyl (C=O) groups excluding carboxylic acids is 5. The summed E-state index contributed by atoms with van der Waals surface area (Å²) in [4.78, 5) is 80.8. The zero-order chi connectivity index (χ0) is 43.5. The van der Waals surface area contributed by atoms with Crippen LogP contribution in [-0.4, -0.2) is 111 Å². The van der Waals surface area contributed by atoms with Gasteiger partial charge in [-0.2, -0.15) is 0 Å². The lowest BCUT2D eigenvalue weighted by molar-refractivity contribution is -0.136. The number of aromatic nitrogens is 4. The lowest BCUT2D eigenvalue weighted by atomic mass is 10.0. The highest BCUT2D eigenvalue weighted by atomic mass is 19.1. The van der Waals surface area contributed by atoms with Gasteiger partial charge >= 0.3 is 0 Å². The molecule has 2 N–H and O–H groups in total. The van der Waals surface area contributed by atoms with Gasteiger partial charge in [0.05, 0.1) is 35.6 Å². The van der Waals surface area contributed by atoms with Gasteiger partial charge in [-0.05, 0) is 86.2 Å². The number of Topliss-reactive ketones (excluding diaryl/α,β-unsaturated/α-hetero) is 1. The minimum absolute atomic E-state index is 0.0546. The van der Waals surface area contributed by atoms with Crippen molar-refractivity contribution in [2.24, 2.45) is 0 Å². The van der Waals surface area contributed by atoms with E-state index in [4.69, 9.17) is 10.1 Å². The van der Waals surface area contributed by atoms with E-state index in [1.165, 1.54) is 6.07 Å². The number of hydrogen-bond acceptors (Lipinski definition) is 12. The topological polar surface area (TPSA) is 165 Å². The van der Waals surface area contributed by atoms with Crippen LogP contribution in [0.2, 0.25) is 0 Å². The second-order valence-corrected chi connectivity index (χ2v) is 16.8. The predicted octanol–water partition coefficient (Wildman–Crippen LogP) is 5.82. The van der Waals surface area contributed by atoms with E-state index < -0.39 is 29.7 Å². The molecule has 4 aliphatic heterocycles. The molecule has 0 aliphatic carbocycles. The third-order valence-corrected chi connectivity index (χ3v) is 12.6. The standard InChI is InChI=1S/C47H51FN10O5/c48-32-11-6-10-31(28-32)37-16-9-23-56(37)42-20-19-40-50-29-39(58(40)53-42)35-14-8-17-41(51-35)55-26-24-54(25-27-55)30-33(59)12-4-2-1-3-5-22-49-36-15-7-13-34-44(36)47(63)57(46(34)62)38-18-21-43(60)52-45(38)61/h6-8,10-11,13-15,17,19-20,28-29,37-38,49H,1-5,9,12,16,18,21-27,30H2,(H,52,60,61)/t37-,38?/m1/s1. The van der Waals surface area contributed by atoms with Gasteiger partial charge in [0.2, 0.25) is 11.8 Å². The number of carbonyl (C=O) groups is 5. The van der Waals surface area contributed by atoms with Gasteiger partial charge in [-0.3, -0.25) is 39.1 Å². The molecule has 0 bridgehead atoms. The van der Waals surface area contributed by atoms with Gasteiger partial charge in [-0.1, -0.05) is 43.5 Å². The Labute approximate surface area is 364 Å². The van der Waals surface area contributed by atoms with E-state index in [0.29, 0.717) is 25.2 Å². The molecular weight excluding hydrogens is 804 g/mol. The van der Waals surface area contributed by atoms with Crippen molar-refractivity contribution in [3.63, 3.8) is 0 Å². The molecule has 0 radical (unpaired) electrons. The quantitative estimate of drug-likeness (QED) is 0.0905. The van der Waals surface area contributed by atoms with Crippen molar-refractivity contribution < 1.29 is 28.4 Å². The molecule has 2 aromatic carbocycles. The summed E-state index contributed by atoms with van der Waals surface area (Å²) in [6.45, 7) is 4.96. The summed E-state index contributed by atoms with van der Waals surface area (Å²) in [5, 5.41) is 10.5. The summed E-state index contributed by atoms with van der Waals surface area (Å²) in [6.07, 6.45) is 9.06. The van der Waals surface area contributed by atoms with Gasteiger partial charge in [-0.15, -0.1) is 5.10 Å². The van der Waals surface area contributed by atoms with Gasteiger partial charge in [0, 0.05) is 57.8 Å². The molecule has 7 heterocycles. The van der Waals surface area contributed by atoms with Crippen molar-refractivity contribution in [3.05, 3.63) is 102 Å². The fourth-order valence-corrected chi connectivity index (χ4v) is 9.36. The highest BCUT2D eigenvalue weighted by molar-refractivity contribution is 6.25. The molecule has 0 spiro atoms. The first-order valence-electron chi connectivity index (χ1n) is 22.1. The monoisotopic (exact) mass is 854 g/mol. The predicted molar refractivity (Wildman–Crippen MR) is 235 cm³/mol. The molecule has 3 saturated heterocycles. The number of imide groups is 2. The van der Waals surface area contributed by atoms with Crippen molar-refractivity contribution in [3.8, 4) is 11.4 Å². The van der Waals surface area contributed by atoms with Gasteiger partial charge in [-0.25, -0.2) is 18.9 Å². The Morgan fingerprint density at radius 1 is 0.810 bits per heavy atom. The smallest absolute Gasteiger partial charge is 0.264 e. The third kappa shape index (κ3) is 8.90. The average molecular weight is 855 g/mol. The second-order valence-electron chi connectivity index (χ2n) is 16.8. The fourth-order valence-electron chi connectivity index (χ4n) is 9.36. The van der Waals surface area contributed by atoms with Crippen LogP contribution in [0, 0.1) is 5.82 Å². The Hall–Kier alpha value is -6.55. The Morgan fingerprint density at radius 2 is 1.62 bits per heavy atom. The number of anilines is 3. The molecule has 3 fully saturated rings. The van der Waals surface area contributed by atoms with Gasteiger partial charge in [0.25, 0.3) is 11.8 Å². The molecule has 5 aromatic rings. The van der Waals surface area contributed by atoms with Crippen LogP contribution in [0.1, 0.15) is 96.5 Å². The number of amides is 4. The van der Waals surface area contributed by atoms with E-state index in [0.717, 1.165) is 117 Å².